The van der Waals surface area contributed by atoms with E-state index in [9.17, 15) is 19.2 Å². The minimum atomic E-state index is -0.700. The summed E-state index contributed by atoms with van der Waals surface area (Å²) in [6, 6.07) is 0. The Hall–Kier alpha value is -2.62. The molecule has 240 valence electrons. The predicted octanol–water partition coefficient (Wildman–Crippen LogP) is 1.70. The molecular formula is C28H46N2O12. The summed E-state index contributed by atoms with van der Waals surface area (Å²) < 4.78 is 37.8. The van der Waals surface area contributed by atoms with Crippen LogP contribution in [0.2, 0.25) is 0 Å². The van der Waals surface area contributed by atoms with Crippen molar-refractivity contribution in [2.45, 2.75) is 57.5 Å². The molecule has 0 aromatic carbocycles. The van der Waals surface area contributed by atoms with Gasteiger partial charge in [-0.15, -0.1) is 5.06 Å². The maximum atomic E-state index is 11.9. The van der Waals surface area contributed by atoms with E-state index >= 15 is 0 Å². The zero-order chi connectivity index (χ0) is 30.1. The molecule has 1 aliphatic heterocycles. The van der Waals surface area contributed by atoms with Gasteiger partial charge in [0.2, 0.25) is 0 Å². The molecule has 14 nitrogen and oxygen atoms in total. The Labute approximate surface area is 247 Å². The lowest BCUT2D eigenvalue weighted by molar-refractivity contribution is -0.198. The van der Waals surface area contributed by atoms with Gasteiger partial charge in [-0.2, -0.15) is 0 Å². The Morgan fingerprint density at radius 3 is 1.76 bits per heavy atom. The summed E-state index contributed by atoms with van der Waals surface area (Å²) in [4.78, 5) is 51.0. The molecule has 0 aromatic heterocycles. The lowest BCUT2D eigenvalue weighted by Crippen LogP contribution is -2.32. The van der Waals surface area contributed by atoms with Crippen molar-refractivity contribution in [2.75, 3.05) is 85.8 Å². The number of nitrogens with zero attached hydrogens (tertiary/aromatic N) is 1. The number of imide groups is 1. The van der Waals surface area contributed by atoms with Gasteiger partial charge in [-0.1, -0.05) is 12.2 Å². The summed E-state index contributed by atoms with van der Waals surface area (Å²) in [7, 11) is 0. The van der Waals surface area contributed by atoms with Gasteiger partial charge in [0.05, 0.1) is 85.7 Å². The van der Waals surface area contributed by atoms with E-state index < -0.39 is 23.9 Å². The third kappa shape index (κ3) is 18.0. The monoisotopic (exact) mass is 602 g/mol. The molecule has 1 aliphatic carbocycles. The second kappa shape index (κ2) is 23.9. The summed E-state index contributed by atoms with van der Waals surface area (Å²) in [5.74, 6) is -1.72. The molecule has 1 N–H and O–H groups in total. The summed E-state index contributed by atoms with van der Waals surface area (Å²) in [5, 5.41) is 3.23. The van der Waals surface area contributed by atoms with Gasteiger partial charge in [-0.25, -0.2) is 9.59 Å². The number of carbonyl (C=O) groups is 4. The second-order valence-corrected chi connectivity index (χ2v) is 9.40. The van der Waals surface area contributed by atoms with Crippen molar-refractivity contribution >= 4 is 23.9 Å². The van der Waals surface area contributed by atoms with E-state index in [1.807, 2.05) is 0 Å². The number of alkyl carbamates (subject to hydrolysis) is 1. The minimum absolute atomic E-state index is 0.0196. The maximum absolute atomic E-state index is 11.9. The zero-order valence-corrected chi connectivity index (χ0v) is 24.4. The molecule has 0 aromatic rings. The van der Waals surface area contributed by atoms with Crippen molar-refractivity contribution in [3.63, 3.8) is 0 Å². The van der Waals surface area contributed by atoms with Crippen LogP contribution in [0.3, 0.4) is 0 Å². The van der Waals surface area contributed by atoms with Gasteiger partial charge in [0.25, 0.3) is 11.8 Å². The fourth-order valence-electron chi connectivity index (χ4n) is 3.82. The molecule has 2 aliphatic rings. The molecule has 0 spiro atoms. The molecule has 42 heavy (non-hydrogen) atoms. The second-order valence-electron chi connectivity index (χ2n) is 9.40. The fourth-order valence-corrected chi connectivity index (χ4v) is 3.82. The minimum Gasteiger partial charge on any atom is -0.446 e. The molecule has 0 radical (unpaired) electrons. The predicted molar refractivity (Wildman–Crippen MR) is 147 cm³/mol. The van der Waals surface area contributed by atoms with Crippen molar-refractivity contribution < 1.29 is 57.2 Å². The number of rotatable bonds is 23. The highest BCUT2D eigenvalue weighted by Gasteiger charge is 2.32. The molecule has 2 rings (SSSR count). The molecule has 0 saturated carbocycles. The number of amides is 3. The first-order valence-electron chi connectivity index (χ1n) is 14.7. The lowest BCUT2D eigenvalue weighted by atomic mass is 10.0. The molecule has 1 fully saturated rings. The van der Waals surface area contributed by atoms with Crippen molar-refractivity contribution in [1.29, 1.82) is 0 Å². The van der Waals surface area contributed by atoms with Gasteiger partial charge in [0.15, 0.2) is 0 Å². The van der Waals surface area contributed by atoms with Gasteiger partial charge < -0.3 is 43.3 Å². The molecule has 1 heterocycles. The van der Waals surface area contributed by atoms with Gasteiger partial charge >= 0.3 is 12.1 Å². The van der Waals surface area contributed by atoms with E-state index in [2.05, 4.69) is 17.5 Å². The van der Waals surface area contributed by atoms with Gasteiger partial charge in [0, 0.05) is 19.4 Å². The van der Waals surface area contributed by atoms with Crippen LogP contribution in [-0.2, 0) is 52.4 Å². The molecule has 1 unspecified atom stereocenters. The van der Waals surface area contributed by atoms with Crippen LogP contribution in [-0.4, -0.2) is 121 Å². The first-order valence-corrected chi connectivity index (χ1v) is 14.7. The topological polar surface area (TPSA) is 157 Å². The van der Waals surface area contributed by atoms with Gasteiger partial charge in [-0.3, -0.25) is 9.59 Å². The van der Waals surface area contributed by atoms with Crippen LogP contribution in [0.4, 0.5) is 4.79 Å². The number of nitrogens with one attached hydrogen (secondary N) is 1. The van der Waals surface area contributed by atoms with Crippen LogP contribution in [0.25, 0.3) is 0 Å². The number of hydrogen-bond donors (Lipinski definition) is 1. The maximum Gasteiger partial charge on any atom is 0.407 e. The highest BCUT2D eigenvalue weighted by molar-refractivity contribution is 6.01. The normalized spacial score (nSPS) is 17.2. The smallest absolute Gasteiger partial charge is 0.407 e. The number of carbonyl (C=O) groups excluding carboxylic acids is 4. The standard InChI is InChI=1S/C28H46N2O12/c31-25-8-9-26(32)30(25)42-27(33)10-12-35-14-16-37-18-20-39-22-23-40-21-19-38-17-15-36-13-11-29-28(34)41-24-6-4-2-1-3-5-7-24/h1-2,24H,3-23H2,(H,29,34). The van der Waals surface area contributed by atoms with Crippen LogP contribution < -0.4 is 5.32 Å². The Morgan fingerprint density at radius 2 is 1.19 bits per heavy atom. The fraction of sp³-hybridized carbons (Fsp3) is 0.786. The number of allylic oxidation sites excluding steroid dienone is 2. The SMILES string of the molecule is O=C(CCOCCOCCOCCOCCOCCOCCNC(=O)OC1CCC=CCCC1)ON1C(=O)CCC1=O. The number of hydroxylamine groups is 2. The summed E-state index contributed by atoms with van der Waals surface area (Å²) in [5.41, 5.74) is 0. The van der Waals surface area contributed by atoms with E-state index in [-0.39, 0.29) is 38.6 Å². The van der Waals surface area contributed by atoms with E-state index in [1.54, 1.807) is 0 Å². The largest absolute Gasteiger partial charge is 0.446 e. The van der Waals surface area contributed by atoms with Crippen molar-refractivity contribution in [1.82, 2.24) is 10.4 Å². The summed E-state index contributed by atoms with van der Waals surface area (Å²) in [6.45, 7) is 4.91. The van der Waals surface area contributed by atoms with Crippen LogP contribution in [0.15, 0.2) is 12.2 Å². The third-order valence-electron chi connectivity index (χ3n) is 6.02. The van der Waals surface area contributed by atoms with Crippen LogP contribution in [0, 0.1) is 0 Å². The zero-order valence-electron chi connectivity index (χ0n) is 24.4. The van der Waals surface area contributed by atoms with E-state index in [0.29, 0.717) is 77.7 Å². The molecule has 1 atom stereocenters. The van der Waals surface area contributed by atoms with Gasteiger partial charge in [0.1, 0.15) is 6.10 Å². The van der Waals surface area contributed by atoms with Crippen molar-refractivity contribution in [2.24, 2.45) is 0 Å². The average molecular weight is 603 g/mol. The molecule has 14 heteroatoms. The molecule has 0 bridgehead atoms. The summed E-state index contributed by atoms with van der Waals surface area (Å²) >= 11 is 0. The first-order chi connectivity index (χ1) is 20.6. The Balaban J connectivity index is 1.23. The van der Waals surface area contributed by atoms with Crippen LogP contribution in [0.5, 0.6) is 0 Å². The van der Waals surface area contributed by atoms with E-state index in [4.69, 9.17) is 38.0 Å². The highest BCUT2D eigenvalue weighted by Crippen LogP contribution is 2.15. The Morgan fingerprint density at radius 1 is 0.690 bits per heavy atom. The quantitative estimate of drug-likeness (QED) is 0.103. The van der Waals surface area contributed by atoms with E-state index in [1.165, 1.54) is 0 Å². The Bertz CT molecular complexity index is 794. The third-order valence-corrected chi connectivity index (χ3v) is 6.02. The average Bonchev–Trinajstić information content (AvgIpc) is 3.27. The molecule has 3 amide bonds. The van der Waals surface area contributed by atoms with Crippen LogP contribution in [0.1, 0.15) is 51.4 Å². The number of hydrogen-bond acceptors (Lipinski definition) is 12. The number of ether oxygens (including phenoxy) is 7. The highest BCUT2D eigenvalue weighted by atomic mass is 16.7. The van der Waals surface area contributed by atoms with Crippen LogP contribution >= 0.6 is 0 Å². The van der Waals surface area contributed by atoms with E-state index in [0.717, 1.165) is 32.1 Å². The molecule has 1 saturated heterocycles. The first kappa shape index (κ1) is 35.6. The molecular weight excluding hydrogens is 556 g/mol. The van der Waals surface area contributed by atoms with Crippen molar-refractivity contribution in [3.8, 4) is 0 Å². The van der Waals surface area contributed by atoms with Gasteiger partial charge in [-0.05, 0) is 32.1 Å². The Kier molecular flexibility index (Phi) is 20.2. The summed E-state index contributed by atoms with van der Waals surface area (Å²) in [6.07, 6.45) is 8.75. The van der Waals surface area contributed by atoms with Crippen molar-refractivity contribution in [3.05, 3.63) is 12.2 Å². The lowest BCUT2D eigenvalue weighted by Gasteiger charge is -2.18.